The van der Waals surface area contributed by atoms with Crippen molar-refractivity contribution in [3.05, 3.63) is 75.7 Å². The molecule has 4 aromatic rings. The summed E-state index contributed by atoms with van der Waals surface area (Å²) in [7, 11) is 0. The third kappa shape index (κ3) is 6.82. The van der Waals surface area contributed by atoms with Crippen LogP contribution in [0.1, 0.15) is 82.7 Å². The molecule has 0 saturated carbocycles. The van der Waals surface area contributed by atoms with E-state index in [4.69, 9.17) is 9.47 Å². The van der Waals surface area contributed by atoms with E-state index in [2.05, 4.69) is 56.5 Å². The van der Waals surface area contributed by atoms with E-state index in [0.717, 1.165) is 65.7 Å². The predicted octanol–water partition coefficient (Wildman–Crippen LogP) is 5.25. The Morgan fingerprint density at radius 1 is 1.05 bits per heavy atom. The second-order valence-corrected chi connectivity index (χ2v) is 12.3. The number of H-pyrrole nitrogens is 1. The van der Waals surface area contributed by atoms with Crippen LogP contribution in [0.2, 0.25) is 0 Å². The SMILES string of the molecule is CCCCc1c(Cc2ccc(-c3ccccc3-c3nnn[nH]3)cc2)c(=O)n2n1CCCC2CC(=O)OCOC(=O)C(C)(C)C. The van der Waals surface area contributed by atoms with Gasteiger partial charge in [0.2, 0.25) is 6.79 Å². The molecule has 1 unspecified atom stereocenters. The largest absolute Gasteiger partial charge is 0.428 e. The molecule has 2 aromatic heterocycles. The van der Waals surface area contributed by atoms with E-state index in [1.54, 1.807) is 25.5 Å². The van der Waals surface area contributed by atoms with E-state index in [9.17, 15) is 14.4 Å². The molecule has 0 bridgehead atoms. The summed E-state index contributed by atoms with van der Waals surface area (Å²) in [4.78, 5) is 38.7. The molecule has 0 aliphatic carbocycles. The van der Waals surface area contributed by atoms with E-state index in [1.165, 1.54) is 0 Å². The van der Waals surface area contributed by atoms with Crippen LogP contribution in [0, 0.1) is 5.41 Å². The minimum atomic E-state index is -0.685. The van der Waals surface area contributed by atoms with Crippen molar-refractivity contribution in [1.29, 1.82) is 0 Å². The Morgan fingerprint density at radius 3 is 2.48 bits per heavy atom. The Labute approximate surface area is 256 Å². The number of fused-ring (bicyclic) bond motifs is 1. The van der Waals surface area contributed by atoms with Gasteiger partial charge in [0, 0.05) is 29.8 Å². The Hall–Kier alpha value is -4.54. The summed E-state index contributed by atoms with van der Waals surface area (Å²) in [5.74, 6) is -0.337. The molecule has 0 spiro atoms. The Balaban J connectivity index is 1.36. The first-order valence-electron chi connectivity index (χ1n) is 15.3. The maximum absolute atomic E-state index is 14.0. The van der Waals surface area contributed by atoms with Crippen LogP contribution < -0.4 is 5.56 Å². The van der Waals surface area contributed by atoms with E-state index in [-0.39, 0.29) is 18.0 Å². The van der Waals surface area contributed by atoms with Gasteiger partial charge in [0.15, 0.2) is 5.82 Å². The summed E-state index contributed by atoms with van der Waals surface area (Å²) in [6.07, 6.45) is 4.87. The maximum atomic E-state index is 14.0. The first-order valence-corrected chi connectivity index (χ1v) is 15.3. The number of carbonyl (C=O) groups excluding carboxylic acids is 2. The van der Waals surface area contributed by atoms with Crippen molar-refractivity contribution in [2.45, 2.75) is 85.2 Å². The maximum Gasteiger partial charge on any atom is 0.314 e. The number of aromatic nitrogens is 6. The van der Waals surface area contributed by atoms with E-state index < -0.39 is 24.1 Å². The minimum absolute atomic E-state index is 0.0401. The fourth-order valence-electron chi connectivity index (χ4n) is 5.69. The van der Waals surface area contributed by atoms with Gasteiger partial charge in [-0.15, -0.1) is 5.10 Å². The van der Waals surface area contributed by atoms with Gasteiger partial charge in [0.1, 0.15) is 0 Å². The molecule has 11 heteroatoms. The van der Waals surface area contributed by atoms with Crippen LogP contribution in [0.25, 0.3) is 22.5 Å². The Morgan fingerprint density at radius 2 is 1.80 bits per heavy atom. The lowest BCUT2D eigenvalue weighted by molar-refractivity contribution is -0.173. The number of hydrogen-bond donors (Lipinski definition) is 1. The number of tetrazole rings is 1. The van der Waals surface area contributed by atoms with Crippen LogP contribution in [0.3, 0.4) is 0 Å². The zero-order valence-corrected chi connectivity index (χ0v) is 25.8. The second kappa shape index (κ2) is 13.4. The smallest absolute Gasteiger partial charge is 0.314 e. The lowest BCUT2D eigenvalue weighted by Crippen LogP contribution is -2.34. The van der Waals surface area contributed by atoms with Crippen molar-refractivity contribution < 1.29 is 19.1 Å². The average Bonchev–Trinajstić information content (AvgIpc) is 3.64. The molecule has 3 heterocycles. The molecule has 0 fully saturated rings. The number of unbranched alkanes of at least 4 members (excludes halogenated alkanes) is 1. The minimum Gasteiger partial charge on any atom is -0.428 e. The highest BCUT2D eigenvalue weighted by atomic mass is 16.7. The molecule has 1 N–H and O–H groups in total. The number of aromatic amines is 1. The van der Waals surface area contributed by atoms with Crippen LogP contribution in [0.15, 0.2) is 53.3 Å². The second-order valence-electron chi connectivity index (χ2n) is 12.3. The lowest BCUT2D eigenvalue weighted by Gasteiger charge is -2.27. The van der Waals surface area contributed by atoms with Crippen molar-refractivity contribution in [2.75, 3.05) is 6.79 Å². The number of hydrogen-bond acceptors (Lipinski definition) is 8. The quantitative estimate of drug-likeness (QED) is 0.182. The molecule has 2 aromatic carbocycles. The van der Waals surface area contributed by atoms with Gasteiger partial charge >= 0.3 is 11.9 Å². The zero-order chi connectivity index (χ0) is 31.3. The summed E-state index contributed by atoms with van der Waals surface area (Å²) < 4.78 is 14.2. The number of carbonyl (C=O) groups is 2. The molecule has 0 radical (unpaired) electrons. The van der Waals surface area contributed by atoms with Crippen molar-refractivity contribution in [3.63, 3.8) is 0 Å². The molecule has 44 heavy (non-hydrogen) atoms. The fourth-order valence-corrected chi connectivity index (χ4v) is 5.69. The molecular weight excluding hydrogens is 560 g/mol. The van der Waals surface area contributed by atoms with E-state index in [0.29, 0.717) is 18.7 Å². The first kappa shape index (κ1) is 30.9. The molecule has 232 valence electrons. The number of benzene rings is 2. The zero-order valence-electron chi connectivity index (χ0n) is 25.8. The van der Waals surface area contributed by atoms with Gasteiger partial charge in [-0.3, -0.25) is 19.1 Å². The van der Waals surface area contributed by atoms with Gasteiger partial charge in [-0.1, -0.05) is 61.9 Å². The van der Waals surface area contributed by atoms with Crippen molar-refractivity contribution >= 4 is 11.9 Å². The average molecular weight is 601 g/mol. The summed E-state index contributed by atoms with van der Waals surface area (Å²) in [6.45, 7) is 7.65. The first-order chi connectivity index (χ1) is 21.2. The number of nitrogens with zero attached hydrogens (tertiary/aromatic N) is 5. The van der Waals surface area contributed by atoms with Crippen LogP contribution in [-0.2, 0) is 38.4 Å². The molecule has 1 aliphatic heterocycles. The Bertz CT molecular complexity index is 1650. The van der Waals surface area contributed by atoms with Gasteiger partial charge in [-0.2, -0.15) is 0 Å². The standard InChI is InChI=1S/C33H40N6O5/c1-5-6-13-28-27(19-22-14-16-23(17-15-22)25-11-7-8-12-26(25)30-34-36-37-35-30)31(41)39-24(10-9-18-38(28)39)20-29(40)43-21-44-32(42)33(2,3)4/h7-8,11-12,14-17,24H,5-6,9-10,13,18-21H2,1-4H3,(H,34,35,36,37). The molecular formula is C33H40N6O5. The monoisotopic (exact) mass is 600 g/mol. The van der Waals surface area contributed by atoms with E-state index >= 15 is 0 Å². The normalized spacial score (nSPS) is 14.7. The van der Waals surface area contributed by atoms with Crippen LogP contribution in [0.4, 0.5) is 0 Å². The summed E-state index contributed by atoms with van der Waals surface area (Å²) in [5, 5.41) is 14.3. The number of nitrogens with one attached hydrogen (secondary N) is 1. The van der Waals surface area contributed by atoms with Crippen molar-refractivity contribution in [2.24, 2.45) is 5.41 Å². The van der Waals surface area contributed by atoms with Gasteiger partial charge in [0.25, 0.3) is 5.56 Å². The number of rotatable bonds is 11. The van der Waals surface area contributed by atoms with Gasteiger partial charge in [-0.25, -0.2) is 9.78 Å². The predicted molar refractivity (Wildman–Crippen MR) is 165 cm³/mol. The third-order valence-electron chi connectivity index (χ3n) is 8.00. The topological polar surface area (TPSA) is 134 Å². The third-order valence-corrected chi connectivity index (χ3v) is 8.00. The van der Waals surface area contributed by atoms with Crippen LogP contribution >= 0.6 is 0 Å². The molecule has 1 atom stereocenters. The summed E-state index contributed by atoms with van der Waals surface area (Å²) in [6, 6.07) is 15.8. The van der Waals surface area contributed by atoms with E-state index in [1.807, 2.05) is 24.3 Å². The number of ether oxygens (including phenoxy) is 2. The van der Waals surface area contributed by atoms with Crippen LogP contribution in [-0.4, -0.2) is 48.7 Å². The Kier molecular flexibility index (Phi) is 9.41. The van der Waals surface area contributed by atoms with Crippen molar-refractivity contribution in [3.8, 4) is 22.5 Å². The van der Waals surface area contributed by atoms with Gasteiger partial charge in [-0.05, 0) is 73.6 Å². The highest BCUT2D eigenvalue weighted by Gasteiger charge is 2.30. The lowest BCUT2D eigenvalue weighted by atomic mass is 9.96. The van der Waals surface area contributed by atoms with Gasteiger partial charge < -0.3 is 9.47 Å². The fraction of sp³-hybridized carbons (Fsp3) is 0.455. The molecule has 1 aliphatic rings. The molecule has 5 rings (SSSR count). The molecule has 11 nitrogen and oxygen atoms in total. The van der Waals surface area contributed by atoms with Crippen molar-refractivity contribution in [1.82, 2.24) is 30.0 Å². The van der Waals surface area contributed by atoms with Crippen LogP contribution in [0.5, 0.6) is 0 Å². The number of esters is 2. The summed E-state index contributed by atoms with van der Waals surface area (Å²) in [5.41, 5.74) is 5.04. The molecule has 0 saturated heterocycles. The van der Waals surface area contributed by atoms with Gasteiger partial charge in [0.05, 0.1) is 17.9 Å². The highest BCUT2D eigenvalue weighted by molar-refractivity contribution is 5.80. The highest BCUT2D eigenvalue weighted by Crippen LogP contribution is 2.31. The molecule has 0 amide bonds. The summed E-state index contributed by atoms with van der Waals surface area (Å²) >= 11 is 0.